The molecule has 0 bridgehead atoms. The topological polar surface area (TPSA) is 100 Å². The van der Waals surface area contributed by atoms with Crippen LogP contribution >= 0.6 is 0 Å². The molecule has 0 unspecified atom stereocenters. The maximum Gasteiger partial charge on any atom is 0.313 e. The zero-order chi connectivity index (χ0) is 16.4. The van der Waals surface area contributed by atoms with Crippen molar-refractivity contribution in [3.8, 4) is 0 Å². The first-order valence-corrected chi connectivity index (χ1v) is 7.12. The third-order valence-corrected chi connectivity index (χ3v) is 3.62. The van der Waals surface area contributed by atoms with Crippen molar-refractivity contribution in [2.45, 2.75) is 20.4 Å². The maximum atomic E-state index is 11.9. The lowest BCUT2D eigenvalue weighted by atomic mass is 10.2. The van der Waals surface area contributed by atoms with Crippen molar-refractivity contribution in [2.75, 3.05) is 5.32 Å². The van der Waals surface area contributed by atoms with Gasteiger partial charge in [0.2, 0.25) is 0 Å². The van der Waals surface area contributed by atoms with Gasteiger partial charge in [-0.3, -0.25) is 9.59 Å². The van der Waals surface area contributed by atoms with Gasteiger partial charge in [-0.2, -0.15) is 0 Å². The van der Waals surface area contributed by atoms with Crippen LogP contribution in [0.25, 0.3) is 10.9 Å². The van der Waals surface area contributed by atoms with Gasteiger partial charge in [0, 0.05) is 34.9 Å². The number of amides is 2. The number of hydrogen-bond donors (Lipinski definition) is 3. The number of anilines is 1. The number of aryl methyl sites for hydroxylation is 2. The first-order valence-electron chi connectivity index (χ1n) is 7.12. The van der Waals surface area contributed by atoms with Gasteiger partial charge in [0.1, 0.15) is 5.76 Å². The summed E-state index contributed by atoms with van der Waals surface area (Å²) in [6.45, 7) is 3.74. The number of fused-ring (bicyclic) bond motifs is 1. The number of rotatable bonds is 3. The molecule has 7 heteroatoms. The molecule has 2 aromatic heterocycles. The minimum Gasteiger partial charge on any atom is -0.361 e. The maximum absolute atomic E-state index is 11.9. The number of aromatic amines is 1. The van der Waals surface area contributed by atoms with Crippen molar-refractivity contribution < 1.29 is 14.1 Å². The van der Waals surface area contributed by atoms with Gasteiger partial charge in [-0.25, -0.2) is 0 Å². The second kappa shape index (κ2) is 5.96. The van der Waals surface area contributed by atoms with E-state index in [0.29, 0.717) is 17.1 Å². The quantitative estimate of drug-likeness (QED) is 0.644. The molecule has 0 aliphatic heterocycles. The van der Waals surface area contributed by atoms with Gasteiger partial charge in [-0.05, 0) is 38.1 Å². The van der Waals surface area contributed by atoms with E-state index in [9.17, 15) is 9.59 Å². The molecule has 7 nitrogen and oxygen atoms in total. The van der Waals surface area contributed by atoms with Gasteiger partial charge >= 0.3 is 11.8 Å². The summed E-state index contributed by atoms with van der Waals surface area (Å²) in [6.07, 6.45) is 1.81. The first-order chi connectivity index (χ1) is 11.0. The van der Waals surface area contributed by atoms with Crippen molar-refractivity contribution in [2.24, 2.45) is 0 Å². The lowest BCUT2D eigenvalue weighted by molar-refractivity contribution is -0.136. The molecule has 3 N–H and O–H groups in total. The highest BCUT2D eigenvalue weighted by Gasteiger charge is 2.16. The largest absolute Gasteiger partial charge is 0.361 e. The van der Waals surface area contributed by atoms with Crippen LogP contribution in [0.2, 0.25) is 0 Å². The second-order valence-electron chi connectivity index (χ2n) is 5.22. The molecule has 0 saturated carbocycles. The molecule has 23 heavy (non-hydrogen) atoms. The molecule has 0 aliphatic carbocycles. The number of nitrogens with one attached hydrogen (secondary N) is 3. The van der Waals surface area contributed by atoms with Crippen LogP contribution in [0, 0.1) is 13.8 Å². The average molecular weight is 312 g/mol. The molecule has 118 valence electrons. The predicted octanol–water partition coefficient (Wildman–Crippen LogP) is 2.03. The molecule has 0 spiro atoms. The fourth-order valence-corrected chi connectivity index (χ4v) is 2.32. The third-order valence-electron chi connectivity index (χ3n) is 3.62. The summed E-state index contributed by atoms with van der Waals surface area (Å²) in [6, 6.07) is 7.26. The number of carbonyl (C=O) groups is 2. The Morgan fingerprint density at radius 3 is 2.78 bits per heavy atom. The van der Waals surface area contributed by atoms with E-state index in [1.165, 1.54) is 0 Å². The zero-order valence-electron chi connectivity index (χ0n) is 12.8. The highest BCUT2D eigenvalue weighted by Crippen LogP contribution is 2.17. The molecule has 1 aromatic carbocycles. The van der Waals surface area contributed by atoms with Crippen molar-refractivity contribution in [1.29, 1.82) is 0 Å². The van der Waals surface area contributed by atoms with Gasteiger partial charge in [-0.15, -0.1) is 0 Å². The fourth-order valence-electron chi connectivity index (χ4n) is 2.32. The van der Waals surface area contributed by atoms with Gasteiger partial charge in [-0.1, -0.05) is 5.16 Å². The van der Waals surface area contributed by atoms with Crippen molar-refractivity contribution in [3.05, 3.63) is 47.5 Å². The Kier molecular flexibility index (Phi) is 3.84. The standard InChI is InChI=1S/C16H16N4O3/c1-9-13(10(2)23-20-9)8-18-15(21)16(22)19-12-3-4-14-11(7-12)5-6-17-14/h3-7,17H,8H2,1-2H3,(H,18,21)(H,19,22). The van der Waals surface area contributed by atoms with Crippen LogP contribution in [0.5, 0.6) is 0 Å². The van der Waals surface area contributed by atoms with Crippen molar-refractivity contribution >= 4 is 28.4 Å². The minimum absolute atomic E-state index is 0.199. The number of carbonyl (C=O) groups excluding carboxylic acids is 2. The highest BCUT2D eigenvalue weighted by atomic mass is 16.5. The molecule has 0 fully saturated rings. The van der Waals surface area contributed by atoms with Gasteiger partial charge < -0.3 is 20.1 Å². The van der Waals surface area contributed by atoms with Crippen LogP contribution < -0.4 is 10.6 Å². The number of H-pyrrole nitrogens is 1. The van der Waals surface area contributed by atoms with Crippen LogP contribution in [-0.4, -0.2) is 22.0 Å². The zero-order valence-corrected chi connectivity index (χ0v) is 12.8. The van der Waals surface area contributed by atoms with E-state index in [4.69, 9.17) is 4.52 Å². The van der Waals surface area contributed by atoms with Crippen LogP contribution in [0.1, 0.15) is 17.0 Å². The summed E-state index contributed by atoms with van der Waals surface area (Å²) < 4.78 is 5.01. The van der Waals surface area contributed by atoms with Crippen LogP contribution in [0.3, 0.4) is 0 Å². The third kappa shape index (κ3) is 3.08. The number of aromatic nitrogens is 2. The smallest absolute Gasteiger partial charge is 0.313 e. The Hall–Kier alpha value is -3.09. The normalized spacial score (nSPS) is 10.7. The highest BCUT2D eigenvalue weighted by molar-refractivity contribution is 6.39. The fraction of sp³-hybridized carbons (Fsp3) is 0.188. The SMILES string of the molecule is Cc1noc(C)c1CNC(=O)C(=O)Nc1ccc2[nH]ccc2c1. The van der Waals surface area contributed by atoms with E-state index in [-0.39, 0.29) is 6.54 Å². The van der Waals surface area contributed by atoms with E-state index in [0.717, 1.165) is 16.5 Å². The average Bonchev–Trinajstić information content (AvgIpc) is 3.11. The van der Waals surface area contributed by atoms with Gasteiger partial charge in [0.15, 0.2) is 0 Å². The van der Waals surface area contributed by atoms with E-state index in [1.807, 2.05) is 18.3 Å². The molecule has 0 aliphatic rings. The summed E-state index contributed by atoms with van der Waals surface area (Å²) >= 11 is 0. The number of hydrogen-bond acceptors (Lipinski definition) is 4. The van der Waals surface area contributed by atoms with Gasteiger partial charge in [0.25, 0.3) is 0 Å². The number of nitrogens with zero attached hydrogens (tertiary/aromatic N) is 1. The molecular formula is C16H16N4O3. The molecule has 3 aromatic rings. The molecule has 0 saturated heterocycles. The summed E-state index contributed by atoms with van der Waals surface area (Å²) in [7, 11) is 0. The summed E-state index contributed by atoms with van der Waals surface area (Å²) in [5, 5.41) is 9.90. The van der Waals surface area contributed by atoms with E-state index < -0.39 is 11.8 Å². The van der Waals surface area contributed by atoms with E-state index in [2.05, 4.69) is 20.8 Å². The Bertz CT molecular complexity index is 859. The first kappa shape index (κ1) is 14.8. The summed E-state index contributed by atoms with van der Waals surface area (Å²) in [5.41, 5.74) is 3.00. The minimum atomic E-state index is -0.716. The molecule has 3 rings (SSSR count). The van der Waals surface area contributed by atoms with Crippen molar-refractivity contribution in [3.63, 3.8) is 0 Å². The van der Waals surface area contributed by atoms with E-state index >= 15 is 0 Å². The van der Waals surface area contributed by atoms with Crippen molar-refractivity contribution in [1.82, 2.24) is 15.5 Å². The Balaban J connectivity index is 1.62. The second-order valence-corrected chi connectivity index (χ2v) is 5.22. The van der Waals surface area contributed by atoms with Crippen LogP contribution in [-0.2, 0) is 16.1 Å². The predicted molar refractivity (Wildman–Crippen MR) is 84.8 cm³/mol. The molecule has 0 atom stereocenters. The Morgan fingerprint density at radius 1 is 1.22 bits per heavy atom. The van der Waals surface area contributed by atoms with Gasteiger partial charge in [0.05, 0.1) is 5.69 Å². The number of benzene rings is 1. The van der Waals surface area contributed by atoms with Crippen LogP contribution in [0.15, 0.2) is 35.0 Å². The van der Waals surface area contributed by atoms with E-state index in [1.54, 1.807) is 26.0 Å². The molecular weight excluding hydrogens is 296 g/mol. The lowest BCUT2D eigenvalue weighted by Crippen LogP contribution is -2.35. The Morgan fingerprint density at radius 2 is 2.04 bits per heavy atom. The Labute approximate surface area is 132 Å². The monoisotopic (exact) mass is 312 g/mol. The lowest BCUT2D eigenvalue weighted by Gasteiger charge is -2.06. The molecule has 2 amide bonds. The summed E-state index contributed by atoms with van der Waals surface area (Å²) in [4.78, 5) is 26.9. The molecule has 0 radical (unpaired) electrons. The molecule has 2 heterocycles. The summed E-state index contributed by atoms with van der Waals surface area (Å²) in [5.74, 6) is -0.799. The van der Waals surface area contributed by atoms with Crippen LogP contribution in [0.4, 0.5) is 5.69 Å².